The lowest BCUT2D eigenvalue weighted by Gasteiger charge is -2.22. The van der Waals surface area contributed by atoms with E-state index in [4.69, 9.17) is 9.47 Å². The van der Waals surface area contributed by atoms with Crippen LogP contribution in [0.2, 0.25) is 0 Å². The molecule has 0 radical (unpaired) electrons. The van der Waals surface area contributed by atoms with Gasteiger partial charge in [0.1, 0.15) is 0 Å². The summed E-state index contributed by atoms with van der Waals surface area (Å²) in [5.41, 5.74) is 2.55. The number of nitrogens with zero attached hydrogens (tertiary/aromatic N) is 2. The van der Waals surface area contributed by atoms with Crippen molar-refractivity contribution in [3.05, 3.63) is 59.7 Å². The number of benzene rings is 2. The molecule has 1 N–H and O–H groups in total. The number of hydrogen-bond acceptors (Lipinski definition) is 3. The second kappa shape index (κ2) is 9.31. The van der Waals surface area contributed by atoms with Crippen molar-refractivity contribution in [3.8, 4) is 11.5 Å². The largest absolute Gasteiger partial charge is 0.493 e. The van der Waals surface area contributed by atoms with Crippen molar-refractivity contribution in [2.45, 2.75) is 19.4 Å². The molecule has 1 fully saturated rings. The molecule has 0 bridgehead atoms. The molecule has 0 spiro atoms. The number of hydrogen-bond donors (Lipinski definition) is 1. The fraction of sp³-hybridized carbons (Fsp3) is 0.409. The summed E-state index contributed by atoms with van der Waals surface area (Å²) in [4.78, 5) is 6.83. The summed E-state index contributed by atoms with van der Waals surface area (Å²) in [5, 5.41) is 3.48. The first-order valence-corrected chi connectivity index (χ1v) is 9.44. The van der Waals surface area contributed by atoms with Gasteiger partial charge in [0.15, 0.2) is 17.5 Å². The molecule has 5 nitrogen and oxygen atoms in total. The van der Waals surface area contributed by atoms with Gasteiger partial charge in [-0.3, -0.25) is 4.99 Å². The van der Waals surface area contributed by atoms with Crippen LogP contribution in [0.5, 0.6) is 11.5 Å². The molecule has 2 aromatic rings. The van der Waals surface area contributed by atoms with Gasteiger partial charge in [-0.05, 0) is 42.0 Å². The normalized spacial score (nSPS) is 17.1. The van der Waals surface area contributed by atoms with E-state index in [0.717, 1.165) is 42.5 Å². The fourth-order valence-electron chi connectivity index (χ4n) is 3.64. The molecule has 0 amide bonds. The number of ether oxygens (including phenoxy) is 2. The van der Waals surface area contributed by atoms with Crippen LogP contribution < -0.4 is 14.8 Å². The zero-order chi connectivity index (χ0) is 19.1. The SMILES string of the molecule is CN=C(NCc1ccc(OC)c(OC)c1)N1CCC(Cc2ccccc2)C1. The first-order valence-electron chi connectivity index (χ1n) is 9.44. The number of rotatable bonds is 6. The number of methoxy groups -OCH3 is 2. The zero-order valence-corrected chi connectivity index (χ0v) is 16.4. The molecule has 1 atom stereocenters. The standard InChI is InChI=1S/C22H29N3O2/c1-23-22(24-15-18-9-10-20(26-2)21(14-18)27-3)25-12-11-19(16-25)13-17-7-5-4-6-8-17/h4-10,14,19H,11-13,15-16H2,1-3H3,(H,23,24). The lowest BCUT2D eigenvalue weighted by atomic mass is 9.99. The number of likely N-dealkylation sites (tertiary alicyclic amines) is 1. The van der Waals surface area contributed by atoms with E-state index in [9.17, 15) is 0 Å². The molecular formula is C22H29N3O2. The van der Waals surface area contributed by atoms with Gasteiger partial charge in [0.25, 0.3) is 0 Å². The molecule has 1 aliphatic rings. The molecular weight excluding hydrogens is 338 g/mol. The minimum absolute atomic E-state index is 0.673. The number of nitrogens with one attached hydrogen (secondary N) is 1. The summed E-state index contributed by atoms with van der Waals surface area (Å²) in [7, 11) is 5.16. The van der Waals surface area contributed by atoms with Gasteiger partial charge in [-0.25, -0.2) is 0 Å². The Hall–Kier alpha value is -2.69. The molecule has 27 heavy (non-hydrogen) atoms. The van der Waals surface area contributed by atoms with Crippen LogP contribution in [0.25, 0.3) is 0 Å². The Bertz CT molecular complexity index is 761. The molecule has 1 saturated heterocycles. The minimum Gasteiger partial charge on any atom is -0.493 e. The first kappa shape index (κ1) is 19.1. The molecule has 0 aromatic heterocycles. The summed E-state index contributed by atoms with van der Waals surface area (Å²) < 4.78 is 10.7. The van der Waals surface area contributed by atoms with Gasteiger partial charge in [-0.1, -0.05) is 36.4 Å². The van der Waals surface area contributed by atoms with Gasteiger partial charge in [0, 0.05) is 26.7 Å². The lowest BCUT2D eigenvalue weighted by Crippen LogP contribution is -2.39. The molecule has 5 heteroatoms. The number of guanidine groups is 1. The van der Waals surface area contributed by atoms with Gasteiger partial charge in [0.2, 0.25) is 0 Å². The number of aliphatic imine (C=N–C) groups is 1. The van der Waals surface area contributed by atoms with E-state index >= 15 is 0 Å². The predicted molar refractivity (Wildman–Crippen MR) is 110 cm³/mol. The van der Waals surface area contributed by atoms with Gasteiger partial charge in [-0.15, -0.1) is 0 Å². The van der Waals surface area contributed by atoms with Gasteiger partial charge >= 0.3 is 0 Å². The van der Waals surface area contributed by atoms with Crippen LogP contribution in [0.15, 0.2) is 53.5 Å². The third kappa shape index (κ3) is 4.94. The van der Waals surface area contributed by atoms with Crippen LogP contribution in [-0.2, 0) is 13.0 Å². The lowest BCUT2D eigenvalue weighted by molar-refractivity contribution is 0.354. The van der Waals surface area contributed by atoms with E-state index in [1.54, 1.807) is 14.2 Å². The fourth-order valence-corrected chi connectivity index (χ4v) is 3.64. The molecule has 144 valence electrons. The highest BCUT2D eigenvalue weighted by atomic mass is 16.5. The third-order valence-corrected chi connectivity index (χ3v) is 5.06. The van der Waals surface area contributed by atoms with E-state index < -0.39 is 0 Å². The molecule has 1 aliphatic heterocycles. The Kier molecular flexibility index (Phi) is 6.58. The minimum atomic E-state index is 0.673. The van der Waals surface area contributed by atoms with Crippen molar-refractivity contribution in [3.63, 3.8) is 0 Å². The van der Waals surface area contributed by atoms with Crippen LogP contribution in [0.4, 0.5) is 0 Å². The van der Waals surface area contributed by atoms with E-state index in [-0.39, 0.29) is 0 Å². The van der Waals surface area contributed by atoms with Crippen LogP contribution in [0, 0.1) is 5.92 Å². The van der Waals surface area contributed by atoms with Gasteiger partial charge < -0.3 is 19.7 Å². The Morgan fingerprint density at radius 2 is 1.85 bits per heavy atom. The maximum atomic E-state index is 5.39. The molecule has 0 saturated carbocycles. The monoisotopic (exact) mass is 367 g/mol. The predicted octanol–water partition coefficient (Wildman–Crippen LogP) is 3.34. The summed E-state index contributed by atoms with van der Waals surface area (Å²) in [6.07, 6.45) is 2.33. The molecule has 2 aromatic carbocycles. The summed E-state index contributed by atoms with van der Waals surface area (Å²) in [6.45, 7) is 2.79. The van der Waals surface area contributed by atoms with Crippen molar-refractivity contribution in [2.24, 2.45) is 10.9 Å². The molecule has 3 rings (SSSR count). The second-order valence-electron chi connectivity index (χ2n) is 6.88. The topological polar surface area (TPSA) is 46.1 Å². The Labute approximate surface area is 162 Å². The second-order valence-corrected chi connectivity index (χ2v) is 6.88. The Morgan fingerprint density at radius 1 is 1.07 bits per heavy atom. The van der Waals surface area contributed by atoms with Gasteiger partial charge in [-0.2, -0.15) is 0 Å². The van der Waals surface area contributed by atoms with Crippen molar-refractivity contribution in [2.75, 3.05) is 34.4 Å². The van der Waals surface area contributed by atoms with E-state index in [2.05, 4.69) is 45.5 Å². The molecule has 0 aliphatic carbocycles. The highest BCUT2D eigenvalue weighted by Gasteiger charge is 2.24. The summed E-state index contributed by atoms with van der Waals surface area (Å²) in [6, 6.07) is 16.7. The highest BCUT2D eigenvalue weighted by molar-refractivity contribution is 5.80. The van der Waals surface area contributed by atoms with Crippen molar-refractivity contribution >= 4 is 5.96 Å². The van der Waals surface area contributed by atoms with Crippen molar-refractivity contribution in [1.29, 1.82) is 0 Å². The highest BCUT2D eigenvalue weighted by Crippen LogP contribution is 2.27. The van der Waals surface area contributed by atoms with Gasteiger partial charge in [0.05, 0.1) is 14.2 Å². The third-order valence-electron chi connectivity index (χ3n) is 5.06. The van der Waals surface area contributed by atoms with Crippen LogP contribution in [-0.4, -0.2) is 45.2 Å². The van der Waals surface area contributed by atoms with Crippen LogP contribution in [0.1, 0.15) is 17.5 Å². The van der Waals surface area contributed by atoms with Crippen LogP contribution >= 0.6 is 0 Å². The van der Waals surface area contributed by atoms with E-state index in [1.165, 1.54) is 12.0 Å². The molecule has 1 heterocycles. The smallest absolute Gasteiger partial charge is 0.193 e. The average Bonchev–Trinajstić information content (AvgIpc) is 3.17. The van der Waals surface area contributed by atoms with E-state index in [1.807, 2.05) is 25.2 Å². The maximum Gasteiger partial charge on any atom is 0.193 e. The zero-order valence-electron chi connectivity index (χ0n) is 16.4. The van der Waals surface area contributed by atoms with Crippen molar-refractivity contribution < 1.29 is 9.47 Å². The maximum absolute atomic E-state index is 5.39. The van der Waals surface area contributed by atoms with Crippen LogP contribution in [0.3, 0.4) is 0 Å². The van der Waals surface area contributed by atoms with Crippen molar-refractivity contribution in [1.82, 2.24) is 10.2 Å². The Balaban J connectivity index is 1.55. The quantitative estimate of drug-likeness (QED) is 0.628. The molecule has 1 unspecified atom stereocenters. The summed E-state index contributed by atoms with van der Waals surface area (Å²) >= 11 is 0. The summed E-state index contributed by atoms with van der Waals surface area (Å²) in [5.74, 6) is 3.12. The average molecular weight is 367 g/mol. The first-order chi connectivity index (χ1) is 13.2. The van der Waals surface area contributed by atoms with E-state index in [0.29, 0.717) is 12.5 Å². The Morgan fingerprint density at radius 3 is 2.56 bits per heavy atom.